The van der Waals surface area contributed by atoms with Crippen LogP contribution in [0.5, 0.6) is 0 Å². The molecule has 0 heterocycles. The fourth-order valence-electron chi connectivity index (χ4n) is 2.74. The largest absolute Gasteiger partial charge is 0.240 e. The van der Waals surface area contributed by atoms with Gasteiger partial charge in [-0.1, -0.05) is 24.3 Å². The molecule has 2 rings (SSSR count). The summed E-state index contributed by atoms with van der Waals surface area (Å²) in [5, 5.41) is 0. The SMILES string of the molecule is Cc1cc(C(N=C=O)(N=C=O)c2cccc(C)c2N=C=O)ccc1N=C=O. The second kappa shape index (κ2) is 8.37. The van der Waals surface area contributed by atoms with Crippen LogP contribution in [0.1, 0.15) is 22.3 Å². The summed E-state index contributed by atoms with van der Waals surface area (Å²) in [5.74, 6) is 0. The van der Waals surface area contributed by atoms with Gasteiger partial charge in [-0.25, -0.2) is 19.2 Å². The molecule has 0 atom stereocenters. The lowest BCUT2D eigenvalue weighted by Gasteiger charge is -2.25. The Bertz CT molecular complexity index is 1060. The number of aryl methyl sites for hydroxylation is 2. The normalized spacial score (nSPS) is 11.6. The molecule has 8 nitrogen and oxygen atoms in total. The van der Waals surface area contributed by atoms with Crippen molar-refractivity contribution >= 4 is 35.7 Å². The molecule has 132 valence electrons. The summed E-state index contributed by atoms with van der Waals surface area (Å²) in [5.41, 5.74) is 0.283. The van der Waals surface area contributed by atoms with Crippen molar-refractivity contribution in [3.8, 4) is 0 Å². The monoisotopic (exact) mass is 360 g/mol. The molecular weight excluding hydrogens is 348 g/mol. The number of hydrogen-bond acceptors (Lipinski definition) is 8. The van der Waals surface area contributed by atoms with Gasteiger partial charge in [-0.2, -0.15) is 20.0 Å². The molecule has 0 unspecified atom stereocenters. The predicted octanol–water partition coefficient (Wildman–Crippen LogP) is 3.11. The molecule has 0 spiro atoms. The van der Waals surface area contributed by atoms with Crippen molar-refractivity contribution < 1.29 is 19.2 Å². The van der Waals surface area contributed by atoms with Crippen molar-refractivity contribution in [2.24, 2.45) is 20.0 Å². The van der Waals surface area contributed by atoms with Gasteiger partial charge in [-0.05, 0) is 37.1 Å². The fourth-order valence-corrected chi connectivity index (χ4v) is 2.74. The van der Waals surface area contributed by atoms with Crippen LogP contribution in [0.15, 0.2) is 56.4 Å². The summed E-state index contributed by atoms with van der Waals surface area (Å²) in [6.45, 7) is 3.35. The van der Waals surface area contributed by atoms with E-state index in [1.807, 2.05) is 0 Å². The highest BCUT2D eigenvalue weighted by Gasteiger charge is 2.37. The van der Waals surface area contributed by atoms with Crippen LogP contribution in [0, 0.1) is 13.8 Å². The lowest BCUT2D eigenvalue weighted by Crippen LogP contribution is -2.23. The minimum atomic E-state index is -1.86. The molecule has 0 saturated carbocycles. The van der Waals surface area contributed by atoms with E-state index >= 15 is 0 Å². The first-order valence-electron chi connectivity index (χ1n) is 7.59. The number of carbonyl (C=O) groups excluding carboxylic acids is 4. The number of para-hydroxylation sites is 1. The predicted molar refractivity (Wildman–Crippen MR) is 94.9 cm³/mol. The first-order valence-corrected chi connectivity index (χ1v) is 7.59. The summed E-state index contributed by atoms with van der Waals surface area (Å²) in [6.07, 6.45) is 5.72. The van der Waals surface area contributed by atoms with Gasteiger partial charge in [0.15, 0.2) is 0 Å². The maximum atomic E-state index is 11.2. The van der Waals surface area contributed by atoms with E-state index in [1.54, 1.807) is 32.0 Å². The lowest BCUT2D eigenvalue weighted by atomic mass is 9.88. The average molecular weight is 360 g/mol. The smallest absolute Gasteiger partial charge is 0.211 e. The number of benzene rings is 2. The third-order valence-corrected chi connectivity index (χ3v) is 3.95. The Morgan fingerprint density at radius 1 is 0.778 bits per heavy atom. The standard InChI is InChI=1S/C19H12N4O4/c1-13-4-3-5-16(18(13)21-10-25)19(22-11-26,23-12-27)15-6-7-17(20-9-24)14(2)8-15/h3-8H,1-2H3. The van der Waals surface area contributed by atoms with E-state index in [0.29, 0.717) is 22.4 Å². The molecule has 0 radical (unpaired) electrons. The van der Waals surface area contributed by atoms with Crippen molar-refractivity contribution in [3.05, 3.63) is 58.7 Å². The minimum Gasteiger partial charge on any atom is -0.211 e. The molecule has 0 aliphatic rings. The maximum absolute atomic E-state index is 11.2. The Kier molecular flexibility index (Phi) is 5.98. The number of aliphatic imine (C=N–C) groups is 4. The van der Waals surface area contributed by atoms with Crippen molar-refractivity contribution in [1.29, 1.82) is 0 Å². The number of rotatable bonds is 6. The van der Waals surface area contributed by atoms with Gasteiger partial charge in [0.25, 0.3) is 0 Å². The molecular formula is C19H12N4O4. The van der Waals surface area contributed by atoms with Gasteiger partial charge in [0.05, 0.1) is 11.4 Å². The van der Waals surface area contributed by atoms with Gasteiger partial charge in [0.2, 0.25) is 30.0 Å². The highest BCUT2D eigenvalue weighted by Crippen LogP contribution is 2.42. The van der Waals surface area contributed by atoms with Crippen LogP contribution < -0.4 is 0 Å². The Balaban J connectivity index is 2.96. The van der Waals surface area contributed by atoms with Crippen molar-refractivity contribution in [3.63, 3.8) is 0 Å². The molecule has 2 aromatic carbocycles. The summed E-state index contributed by atoms with van der Waals surface area (Å²) in [6, 6.07) is 9.38. The van der Waals surface area contributed by atoms with E-state index < -0.39 is 5.66 Å². The van der Waals surface area contributed by atoms with E-state index in [0.717, 1.165) is 0 Å². The van der Waals surface area contributed by atoms with Crippen LogP contribution >= 0.6 is 0 Å². The molecule has 0 aliphatic carbocycles. The molecule has 0 saturated heterocycles. The quantitative estimate of drug-likeness (QED) is 0.581. The van der Waals surface area contributed by atoms with Crippen molar-refractivity contribution in [1.82, 2.24) is 0 Å². The third kappa shape index (κ3) is 3.65. The van der Waals surface area contributed by atoms with Gasteiger partial charge in [-0.15, -0.1) is 0 Å². The Morgan fingerprint density at radius 3 is 2.00 bits per heavy atom. The summed E-state index contributed by atoms with van der Waals surface area (Å²) >= 11 is 0. The van der Waals surface area contributed by atoms with E-state index in [-0.39, 0.29) is 11.3 Å². The molecule has 2 aromatic rings. The summed E-state index contributed by atoms with van der Waals surface area (Å²) < 4.78 is 0. The van der Waals surface area contributed by atoms with E-state index in [4.69, 9.17) is 0 Å². The van der Waals surface area contributed by atoms with Crippen LogP contribution in [0.3, 0.4) is 0 Å². The first-order chi connectivity index (χ1) is 13.0. The molecule has 0 N–H and O–H groups in total. The van der Waals surface area contributed by atoms with Crippen LogP contribution in [0.4, 0.5) is 11.4 Å². The van der Waals surface area contributed by atoms with E-state index in [2.05, 4.69) is 20.0 Å². The molecule has 0 aliphatic heterocycles. The Morgan fingerprint density at radius 2 is 1.44 bits per heavy atom. The van der Waals surface area contributed by atoms with Gasteiger partial charge in [-0.3, -0.25) is 0 Å². The van der Waals surface area contributed by atoms with Crippen LogP contribution in [0.25, 0.3) is 0 Å². The zero-order valence-electron chi connectivity index (χ0n) is 14.4. The second-order valence-electron chi connectivity index (χ2n) is 5.46. The summed E-state index contributed by atoms with van der Waals surface area (Å²) in [4.78, 5) is 58.5. The average Bonchev–Trinajstić information content (AvgIpc) is 2.65. The fraction of sp³-hybridized carbons (Fsp3) is 0.158. The third-order valence-electron chi connectivity index (χ3n) is 3.95. The van der Waals surface area contributed by atoms with Gasteiger partial charge in [0, 0.05) is 11.1 Å². The van der Waals surface area contributed by atoms with E-state index in [9.17, 15) is 19.2 Å². The van der Waals surface area contributed by atoms with Gasteiger partial charge >= 0.3 is 0 Å². The first kappa shape index (κ1) is 19.3. The molecule has 0 bridgehead atoms. The summed E-state index contributed by atoms with van der Waals surface area (Å²) in [7, 11) is 0. The zero-order chi connectivity index (χ0) is 19.9. The number of hydrogen-bond donors (Lipinski definition) is 0. The molecule has 0 aromatic heterocycles. The Labute approximate surface area is 153 Å². The molecule has 0 amide bonds. The minimum absolute atomic E-state index is 0.165. The zero-order valence-corrected chi connectivity index (χ0v) is 14.4. The second-order valence-corrected chi connectivity index (χ2v) is 5.46. The van der Waals surface area contributed by atoms with Crippen LogP contribution in [-0.4, -0.2) is 24.3 Å². The van der Waals surface area contributed by atoms with E-state index in [1.165, 1.54) is 42.5 Å². The van der Waals surface area contributed by atoms with Crippen LogP contribution in [-0.2, 0) is 24.8 Å². The van der Waals surface area contributed by atoms with Crippen molar-refractivity contribution in [2.75, 3.05) is 0 Å². The molecule has 8 heteroatoms. The highest BCUT2D eigenvalue weighted by molar-refractivity contribution is 5.65. The van der Waals surface area contributed by atoms with Crippen LogP contribution in [0.2, 0.25) is 0 Å². The van der Waals surface area contributed by atoms with Crippen molar-refractivity contribution in [2.45, 2.75) is 19.5 Å². The lowest BCUT2D eigenvalue weighted by molar-refractivity contribution is 0.516. The highest BCUT2D eigenvalue weighted by atomic mass is 16.1. The molecule has 27 heavy (non-hydrogen) atoms. The number of isocyanates is 4. The van der Waals surface area contributed by atoms with Gasteiger partial charge < -0.3 is 0 Å². The maximum Gasteiger partial charge on any atom is 0.240 e. The van der Waals surface area contributed by atoms with Gasteiger partial charge in [0.1, 0.15) is 0 Å². The Hall–Kier alpha value is -4.04. The molecule has 0 fully saturated rings. The topological polar surface area (TPSA) is 118 Å². The number of nitrogens with zero attached hydrogens (tertiary/aromatic N) is 4.